The molecule has 6 nitrogen and oxygen atoms in total. The standard InChI is InChI=1S/C23H16FN3O3S/c1-12-22(31-13(2)26-12)20(28)18-19(16-5-3-4-6-17(16)24)27(23(30)21(18)29)15-9-7-14(11-25)8-10-15/h3-10,19,29H,1-2H3. The van der Waals surface area contributed by atoms with Crippen LogP contribution in [0, 0.1) is 31.0 Å². The van der Waals surface area contributed by atoms with Crippen molar-refractivity contribution < 1.29 is 19.1 Å². The first kappa shape index (κ1) is 20.4. The zero-order valence-corrected chi connectivity index (χ0v) is 17.4. The van der Waals surface area contributed by atoms with Crippen LogP contribution in [0.2, 0.25) is 0 Å². The van der Waals surface area contributed by atoms with Crippen LogP contribution in [0.3, 0.4) is 0 Å². The third-order valence-corrected chi connectivity index (χ3v) is 6.11. The molecule has 2 aromatic carbocycles. The fourth-order valence-corrected chi connectivity index (χ4v) is 4.53. The fraction of sp³-hybridized carbons (Fsp3) is 0.130. The molecule has 3 aromatic rings. The van der Waals surface area contributed by atoms with Gasteiger partial charge in [-0.05, 0) is 44.2 Å². The first-order valence-electron chi connectivity index (χ1n) is 9.33. The van der Waals surface area contributed by atoms with E-state index in [0.29, 0.717) is 22.0 Å². The van der Waals surface area contributed by atoms with Crippen LogP contribution >= 0.6 is 11.3 Å². The molecule has 1 aliphatic heterocycles. The molecule has 1 aromatic heterocycles. The Balaban J connectivity index is 1.91. The molecule has 4 rings (SSSR count). The second kappa shape index (κ2) is 7.78. The van der Waals surface area contributed by atoms with Gasteiger partial charge in [-0.3, -0.25) is 14.5 Å². The van der Waals surface area contributed by atoms with Crippen LogP contribution in [0.15, 0.2) is 59.9 Å². The summed E-state index contributed by atoms with van der Waals surface area (Å²) in [6.07, 6.45) is 0. The predicted molar refractivity (Wildman–Crippen MR) is 113 cm³/mol. The van der Waals surface area contributed by atoms with Crippen molar-refractivity contribution >= 4 is 28.7 Å². The van der Waals surface area contributed by atoms with Crippen LogP contribution in [0.5, 0.6) is 0 Å². The average Bonchev–Trinajstić information content (AvgIpc) is 3.23. The lowest BCUT2D eigenvalue weighted by atomic mass is 9.94. The molecule has 0 bridgehead atoms. The van der Waals surface area contributed by atoms with Gasteiger partial charge in [0.15, 0.2) is 5.76 Å². The van der Waals surface area contributed by atoms with E-state index in [9.17, 15) is 19.1 Å². The summed E-state index contributed by atoms with van der Waals surface area (Å²) >= 11 is 1.15. The number of Topliss-reactive ketones (excluding diaryl/α,β-unsaturated/α-hetero) is 1. The molecular weight excluding hydrogens is 417 g/mol. The summed E-state index contributed by atoms with van der Waals surface area (Å²) in [4.78, 5) is 32.2. The summed E-state index contributed by atoms with van der Waals surface area (Å²) in [7, 11) is 0. The van der Waals surface area contributed by atoms with E-state index in [4.69, 9.17) is 5.26 Å². The molecule has 0 saturated heterocycles. The highest BCUT2D eigenvalue weighted by molar-refractivity contribution is 7.14. The van der Waals surface area contributed by atoms with E-state index in [-0.39, 0.29) is 16.0 Å². The van der Waals surface area contributed by atoms with Crippen LogP contribution in [0.1, 0.15) is 37.5 Å². The number of hydrogen-bond donors (Lipinski definition) is 1. The number of anilines is 1. The van der Waals surface area contributed by atoms with E-state index in [1.54, 1.807) is 19.9 Å². The highest BCUT2D eigenvalue weighted by Gasteiger charge is 2.46. The number of nitrogens with zero attached hydrogens (tertiary/aromatic N) is 3. The number of thiazole rings is 1. The maximum atomic E-state index is 14.8. The number of halogens is 1. The number of carbonyl (C=O) groups excluding carboxylic acids is 2. The predicted octanol–water partition coefficient (Wildman–Crippen LogP) is 4.55. The number of ketones is 1. The Bertz CT molecular complexity index is 1290. The number of hydrogen-bond acceptors (Lipinski definition) is 6. The van der Waals surface area contributed by atoms with Gasteiger partial charge < -0.3 is 5.11 Å². The highest BCUT2D eigenvalue weighted by atomic mass is 32.1. The molecule has 31 heavy (non-hydrogen) atoms. The zero-order valence-electron chi connectivity index (χ0n) is 16.6. The Morgan fingerprint density at radius 2 is 1.87 bits per heavy atom. The van der Waals surface area contributed by atoms with Crippen LogP contribution in [0.4, 0.5) is 10.1 Å². The minimum absolute atomic E-state index is 0.0755. The number of rotatable bonds is 4. The second-order valence-electron chi connectivity index (χ2n) is 7.00. The number of nitriles is 1. The van der Waals surface area contributed by atoms with Crippen molar-refractivity contribution in [2.45, 2.75) is 19.9 Å². The summed E-state index contributed by atoms with van der Waals surface area (Å²) in [6, 6.07) is 12.7. The lowest BCUT2D eigenvalue weighted by Crippen LogP contribution is -2.31. The highest BCUT2D eigenvalue weighted by Crippen LogP contribution is 2.43. The van der Waals surface area contributed by atoms with Crippen molar-refractivity contribution in [3.05, 3.63) is 92.4 Å². The van der Waals surface area contributed by atoms with Gasteiger partial charge in [0.05, 0.1) is 38.8 Å². The lowest BCUT2D eigenvalue weighted by Gasteiger charge is -2.27. The Kier molecular flexibility index (Phi) is 5.13. The van der Waals surface area contributed by atoms with Gasteiger partial charge in [-0.15, -0.1) is 11.3 Å². The van der Waals surface area contributed by atoms with Gasteiger partial charge in [-0.1, -0.05) is 18.2 Å². The minimum Gasteiger partial charge on any atom is -0.503 e. The van der Waals surface area contributed by atoms with E-state index >= 15 is 0 Å². The first-order chi connectivity index (χ1) is 14.8. The molecule has 1 N–H and O–H groups in total. The molecule has 1 aliphatic rings. The van der Waals surface area contributed by atoms with Crippen molar-refractivity contribution in [1.82, 2.24) is 4.98 Å². The average molecular weight is 433 g/mol. The largest absolute Gasteiger partial charge is 0.503 e. The Morgan fingerprint density at radius 1 is 1.19 bits per heavy atom. The molecule has 1 unspecified atom stereocenters. The van der Waals surface area contributed by atoms with Gasteiger partial charge in [0.2, 0.25) is 5.78 Å². The van der Waals surface area contributed by atoms with E-state index in [1.807, 2.05) is 6.07 Å². The van der Waals surface area contributed by atoms with Gasteiger partial charge in [0, 0.05) is 11.3 Å². The van der Waals surface area contributed by atoms with E-state index in [1.165, 1.54) is 47.4 Å². The minimum atomic E-state index is -1.17. The molecule has 0 fully saturated rings. The normalized spacial score (nSPS) is 16.0. The summed E-state index contributed by atoms with van der Waals surface area (Å²) in [5.74, 6) is -2.73. The van der Waals surface area contributed by atoms with Crippen LogP contribution in [-0.2, 0) is 4.79 Å². The van der Waals surface area contributed by atoms with Gasteiger partial charge >= 0.3 is 0 Å². The van der Waals surface area contributed by atoms with Crippen molar-refractivity contribution in [3.8, 4) is 6.07 Å². The van der Waals surface area contributed by atoms with Crippen molar-refractivity contribution in [2.75, 3.05) is 4.90 Å². The third-order valence-electron chi connectivity index (χ3n) is 5.04. The molecule has 0 spiro atoms. The van der Waals surface area contributed by atoms with E-state index in [0.717, 1.165) is 11.3 Å². The van der Waals surface area contributed by atoms with E-state index in [2.05, 4.69) is 4.98 Å². The summed E-state index contributed by atoms with van der Waals surface area (Å²) in [6.45, 7) is 3.42. The van der Waals surface area contributed by atoms with Crippen molar-refractivity contribution in [2.24, 2.45) is 0 Å². The quantitative estimate of drug-likeness (QED) is 0.609. The summed E-state index contributed by atoms with van der Waals surface area (Å²) < 4.78 is 14.8. The van der Waals surface area contributed by atoms with Crippen LogP contribution in [0.25, 0.3) is 0 Å². The molecule has 0 saturated carbocycles. The lowest BCUT2D eigenvalue weighted by molar-refractivity contribution is -0.117. The molecule has 2 heterocycles. The molecular formula is C23H16FN3O3S. The molecule has 0 aliphatic carbocycles. The number of aryl methyl sites for hydroxylation is 2. The maximum Gasteiger partial charge on any atom is 0.294 e. The number of aromatic nitrogens is 1. The van der Waals surface area contributed by atoms with Gasteiger partial charge in [0.25, 0.3) is 5.91 Å². The van der Waals surface area contributed by atoms with Gasteiger partial charge in [-0.2, -0.15) is 5.26 Å². The Morgan fingerprint density at radius 3 is 2.45 bits per heavy atom. The van der Waals surface area contributed by atoms with Gasteiger partial charge in [-0.25, -0.2) is 9.37 Å². The van der Waals surface area contributed by atoms with Gasteiger partial charge in [0.1, 0.15) is 5.82 Å². The first-order valence-corrected chi connectivity index (χ1v) is 10.1. The zero-order chi connectivity index (χ0) is 22.3. The Hall–Kier alpha value is -3.83. The SMILES string of the molecule is Cc1nc(C)c(C(=O)C2=C(O)C(=O)N(c3ccc(C#N)cc3)C2c2ccccc2F)s1. The molecule has 8 heteroatoms. The molecule has 1 atom stereocenters. The fourth-order valence-electron chi connectivity index (χ4n) is 3.66. The molecule has 154 valence electrons. The second-order valence-corrected chi connectivity index (χ2v) is 8.20. The monoisotopic (exact) mass is 433 g/mol. The number of benzene rings is 2. The van der Waals surface area contributed by atoms with Crippen molar-refractivity contribution in [3.63, 3.8) is 0 Å². The number of carbonyl (C=O) groups is 2. The van der Waals surface area contributed by atoms with Crippen LogP contribution < -0.4 is 4.90 Å². The number of aliphatic hydroxyl groups excluding tert-OH is 1. The molecule has 1 amide bonds. The Labute approximate surface area is 181 Å². The van der Waals surface area contributed by atoms with Crippen LogP contribution in [-0.4, -0.2) is 21.8 Å². The smallest absolute Gasteiger partial charge is 0.294 e. The summed E-state index contributed by atoms with van der Waals surface area (Å²) in [5.41, 5.74) is 1.05. The molecule has 0 radical (unpaired) electrons. The topological polar surface area (TPSA) is 94.3 Å². The van der Waals surface area contributed by atoms with E-state index < -0.39 is 29.3 Å². The number of amides is 1. The van der Waals surface area contributed by atoms with Crippen molar-refractivity contribution in [1.29, 1.82) is 5.26 Å². The summed E-state index contributed by atoms with van der Waals surface area (Å²) in [5, 5.41) is 20.4. The maximum absolute atomic E-state index is 14.8. The third kappa shape index (κ3) is 3.39. The number of aliphatic hydroxyl groups is 1.